The van der Waals surface area contributed by atoms with Gasteiger partial charge in [-0.2, -0.15) is 0 Å². The lowest BCUT2D eigenvalue weighted by molar-refractivity contribution is 0.490. The monoisotopic (exact) mass is 273 g/mol. The molecule has 1 N–H and O–H groups in total. The molecule has 0 bridgehead atoms. The Bertz CT molecular complexity index is 583. The summed E-state index contributed by atoms with van der Waals surface area (Å²) in [4.78, 5) is 10.8. The molecule has 3 rings (SSSR count). The second-order valence-corrected chi connectivity index (χ2v) is 6.28. The van der Waals surface area contributed by atoms with Gasteiger partial charge in [-0.25, -0.2) is 4.98 Å². The lowest BCUT2D eigenvalue weighted by Crippen LogP contribution is -2.21. The summed E-state index contributed by atoms with van der Waals surface area (Å²) in [5.74, 6) is 0. The summed E-state index contributed by atoms with van der Waals surface area (Å²) in [6.07, 6.45) is 3.63. The van der Waals surface area contributed by atoms with Gasteiger partial charge in [0.15, 0.2) is 0 Å². The zero-order valence-corrected chi connectivity index (χ0v) is 12.5. The van der Waals surface area contributed by atoms with Crippen molar-refractivity contribution < 1.29 is 0 Å². The van der Waals surface area contributed by atoms with Gasteiger partial charge in [-0.05, 0) is 52.3 Å². The molecular formula is C15H19N3S. The molecule has 0 fully saturated rings. The largest absolute Gasteiger partial charge is 0.312 e. The molecule has 1 atom stereocenters. The first kappa shape index (κ1) is 12.8. The molecule has 1 unspecified atom stereocenters. The molecule has 0 saturated carbocycles. The van der Waals surface area contributed by atoms with E-state index in [1.807, 2.05) is 32.2 Å². The van der Waals surface area contributed by atoms with Gasteiger partial charge in [-0.1, -0.05) is 0 Å². The van der Waals surface area contributed by atoms with Crippen LogP contribution in [0.15, 0.2) is 12.1 Å². The van der Waals surface area contributed by atoms with Crippen LogP contribution in [0.25, 0.3) is 10.6 Å². The van der Waals surface area contributed by atoms with Gasteiger partial charge in [0.2, 0.25) is 0 Å². The van der Waals surface area contributed by atoms with Crippen LogP contribution in [-0.4, -0.2) is 17.0 Å². The number of pyridine rings is 1. The summed E-state index contributed by atoms with van der Waals surface area (Å²) in [5.41, 5.74) is 4.60. The van der Waals surface area contributed by atoms with Crippen molar-refractivity contribution >= 4 is 11.3 Å². The van der Waals surface area contributed by atoms with Crippen LogP contribution in [0.2, 0.25) is 0 Å². The molecule has 2 aromatic rings. The van der Waals surface area contributed by atoms with Crippen LogP contribution in [0.4, 0.5) is 0 Å². The minimum Gasteiger partial charge on any atom is -0.312 e. The highest BCUT2D eigenvalue weighted by atomic mass is 32.1. The second-order valence-electron chi connectivity index (χ2n) is 5.20. The molecule has 19 heavy (non-hydrogen) atoms. The number of nitrogens with one attached hydrogen (secondary N) is 1. The van der Waals surface area contributed by atoms with E-state index in [1.54, 1.807) is 0 Å². The Morgan fingerprint density at radius 2 is 1.95 bits per heavy atom. The minimum atomic E-state index is 0.429. The lowest BCUT2D eigenvalue weighted by atomic mass is 9.98. The van der Waals surface area contributed by atoms with E-state index in [-0.39, 0.29) is 0 Å². The predicted molar refractivity (Wildman–Crippen MR) is 79.6 cm³/mol. The highest BCUT2D eigenvalue weighted by Crippen LogP contribution is 2.37. The molecule has 2 aromatic heterocycles. The molecule has 2 heterocycles. The van der Waals surface area contributed by atoms with Crippen molar-refractivity contribution in [2.24, 2.45) is 0 Å². The molecule has 0 amide bonds. The van der Waals surface area contributed by atoms with E-state index in [1.165, 1.54) is 35.4 Å². The maximum atomic E-state index is 4.88. The van der Waals surface area contributed by atoms with Crippen LogP contribution in [0.1, 0.15) is 40.8 Å². The normalized spacial score (nSPS) is 18.4. The van der Waals surface area contributed by atoms with Crippen LogP contribution in [-0.2, 0) is 6.42 Å². The molecule has 0 radical (unpaired) electrons. The number of aromatic nitrogens is 2. The minimum absolute atomic E-state index is 0.429. The van der Waals surface area contributed by atoms with Crippen molar-refractivity contribution in [1.29, 1.82) is 0 Å². The summed E-state index contributed by atoms with van der Waals surface area (Å²) >= 11 is 1.85. The molecular weight excluding hydrogens is 254 g/mol. The standard InChI is InChI=1S/C15H19N3S/c1-9-7-11(8-10(2)17-9)15-18-14-12(16-3)5-4-6-13(14)19-15/h7-8,12,16H,4-6H2,1-3H3. The Morgan fingerprint density at radius 3 is 2.63 bits per heavy atom. The molecule has 0 aromatic carbocycles. The number of hydrogen-bond acceptors (Lipinski definition) is 4. The van der Waals surface area contributed by atoms with Gasteiger partial charge < -0.3 is 5.32 Å². The fraction of sp³-hybridized carbons (Fsp3) is 0.467. The van der Waals surface area contributed by atoms with Crippen molar-refractivity contribution in [2.45, 2.75) is 39.2 Å². The first-order valence-electron chi connectivity index (χ1n) is 6.80. The maximum absolute atomic E-state index is 4.88. The SMILES string of the molecule is CNC1CCCc2sc(-c3cc(C)nc(C)c3)nc21. The molecule has 0 aliphatic heterocycles. The van der Waals surface area contributed by atoms with Crippen LogP contribution in [0.3, 0.4) is 0 Å². The van der Waals surface area contributed by atoms with Crippen LogP contribution < -0.4 is 5.32 Å². The van der Waals surface area contributed by atoms with Crippen molar-refractivity contribution in [3.63, 3.8) is 0 Å². The smallest absolute Gasteiger partial charge is 0.124 e. The lowest BCUT2D eigenvalue weighted by Gasteiger charge is -2.19. The highest BCUT2D eigenvalue weighted by molar-refractivity contribution is 7.15. The van der Waals surface area contributed by atoms with Crippen LogP contribution in [0.5, 0.6) is 0 Å². The zero-order valence-electron chi connectivity index (χ0n) is 11.7. The fourth-order valence-electron chi connectivity index (χ4n) is 2.78. The summed E-state index contributed by atoms with van der Waals surface area (Å²) in [5, 5.41) is 4.52. The van der Waals surface area contributed by atoms with Gasteiger partial charge >= 0.3 is 0 Å². The number of fused-ring (bicyclic) bond motifs is 1. The maximum Gasteiger partial charge on any atom is 0.124 e. The summed E-state index contributed by atoms with van der Waals surface area (Å²) in [6.45, 7) is 4.08. The van der Waals surface area contributed by atoms with Crippen LogP contribution in [0, 0.1) is 13.8 Å². The summed E-state index contributed by atoms with van der Waals surface area (Å²) in [7, 11) is 2.03. The molecule has 1 aliphatic rings. The quantitative estimate of drug-likeness (QED) is 0.911. The number of aryl methyl sites for hydroxylation is 3. The third kappa shape index (κ3) is 2.42. The summed E-state index contributed by atoms with van der Waals surface area (Å²) in [6, 6.07) is 4.69. The predicted octanol–water partition coefficient (Wildman–Crippen LogP) is 3.42. The Labute approximate surface area is 118 Å². The highest BCUT2D eigenvalue weighted by Gasteiger charge is 2.23. The van der Waals surface area contributed by atoms with Gasteiger partial charge in [0.1, 0.15) is 5.01 Å². The number of thiazole rings is 1. The Kier molecular flexibility index (Phi) is 3.37. The van der Waals surface area contributed by atoms with Gasteiger partial charge in [-0.3, -0.25) is 4.98 Å². The van der Waals surface area contributed by atoms with Crippen molar-refractivity contribution in [3.05, 3.63) is 34.1 Å². The van der Waals surface area contributed by atoms with E-state index in [9.17, 15) is 0 Å². The Morgan fingerprint density at radius 1 is 1.21 bits per heavy atom. The number of nitrogens with zero attached hydrogens (tertiary/aromatic N) is 2. The van der Waals surface area contributed by atoms with E-state index in [0.29, 0.717) is 6.04 Å². The summed E-state index contributed by atoms with van der Waals surface area (Å²) < 4.78 is 0. The van der Waals surface area contributed by atoms with Crippen LogP contribution >= 0.6 is 11.3 Å². The molecule has 0 spiro atoms. The Hall–Kier alpha value is -1.26. The van der Waals surface area contributed by atoms with Gasteiger partial charge in [0, 0.05) is 21.8 Å². The van der Waals surface area contributed by atoms with E-state index in [2.05, 4.69) is 22.4 Å². The average Bonchev–Trinajstić information content (AvgIpc) is 2.81. The average molecular weight is 273 g/mol. The topological polar surface area (TPSA) is 37.8 Å². The van der Waals surface area contributed by atoms with E-state index in [4.69, 9.17) is 4.98 Å². The molecule has 4 heteroatoms. The van der Waals surface area contributed by atoms with Gasteiger partial charge in [0.25, 0.3) is 0 Å². The Balaban J connectivity index is 2.04. The number of hydrogen-bond donors (Lipinski definition) is 1. The first-order chi connectivity index (χ1) is 9.17. The zero-order chi connectivity index (χ0) is 13.4. The van der Waals surface area contributed by atoms with Gasteiger partial charge in [0.05, 0.1) is 11.7 Å². The first-order valence-corrected chi connectivity index (χ1v) is 7.61. The van der Waals surface area contributed by atoms with E-state index < -0.39 is 0 Å². The molecule has 0 saturated heterocycles. The molecule has 1 aliphatic carbocycles. The van der Waals surface area contributed by atoms with Crippen molar-refractivity contribution in [3.8, 4) is 10.6 Å². The fourth-order valence-corrected chi connectivity index (χ4v) is 3.93. The van der Waals surface area contributed by atoms with Crippen molar-refractivity contribution in [2.75, 3.05) is 7.05 Å². The third-order valence-electron chi connectivity index (χ3n) is 3.63. The molecule has 100 valence electrons. The third-order valence-corrected chi connectivity index (χ3v) is 4.81. The second kappa shape index (κ2) is 5.02. The van der Waals surface area contributed by atoms with E-state index >= 15 is 0 Å². The van der Waals surface area contributed by atoms with Crippen molar-refractivity contribution in [1.82, 2.24) is 15.3 Å². The molecule has 3 nitrogen and oxygen atoms in total. The number of rotatable bonds is 2. The van der Waals surface area contributed by atoms with Gasteiger partial charge in [-0.15, -0.1) is 11.3 Å². The van der Waals surface area contributed by atoms with E-state index in [0.717, 1.165) is 16.4 Å².